The smallest absolute Gasteiger partial charge is 0.234 e. The number of carbonyl (C=O) groups is 1. The van der Waals surface area contributed by atoms with E-state index in [-0.39, 0.29) is 18.1 Å². The lowest BCUT2D eigenvalue weighted by Gasteiger charge is -2.30. The first-order valence-electron chi connectivity index (χ1n) is 13.8. The van der Waals surface area contributed by atoms with E-state index >= 15 is 0 Å². The molecular formula is C30H31N7O2. The van der Waals surface area contributed by atoms with Gasteiger partial charge in [0.05, 0.1) is 22.2 Å². The Bertz CT molecular complexity index is 1580. The van der Waals surface area contributed by atoms with Gasteiger partial charge in [0, 0.05) is 36.0 Å². The molecule has 2 aromatic carbocycles. The molecule has 0 saturated carbocycles. The van der Waals surface area contributed by atoms with Crippen molar-refractivity contribution in [1.82, 2.24) is 30.0 Å². The molecule has 2 aliphatic heterocycles. The monoisotopic (exact) mass is 521 g/mol. The summed E-state index contributed by atoms with van der Waals surface area (Å²) < 4.78 is 8.13. The van der Waals surface area contributed by atoms with Gasteiger partial charge in [0.2, 0.25) is 5.91 Å². The van der Waals surface area contributed by atoms with Crippen LogP contribution in [-0.2, 0) is 9.53 Å². The number of hydrogen-bond acceptors (Lipinski definition) is 6. The molecule has 9 nitrogen and oxygen atoms in total. The summed E-state index contributed by atoms with van der Waals surface area (Å²) in [4.78, 5) is 28.3. The highest BCUT2D eigenvalue weighted by molar-refractivity contribution is 6.05. The number of aromatic nitrogens is 5. The van der Waals surface area contributed by atoms with Crippen molar-refractivity contribution in [3.05, 3.63) is 67.0 Å². The fourth-order valence-electron chi connectivity index (χ4n) is 5.79. The number of amides is 1. The number of ether oxygens (including phenoxy) is 1. The summed E-state index contributed by atoms with van der Waals surface area (Å²) >= 11 is 0. The Hall–Kier alpha value is -4.08. The summed E-state index contributed by atoms with van der Waals surface area (Å²) in [6.45, 7) is 2.43. The lowest BCUT2D eigenvalue weighted by molar-refractivity contribution is -0.122. The predicted molar refractivity (Wildman–Crippen MR) is 151 cm³/mol. The van der Waals surface area contributed by atoms with Gasteiger partial charge >= 0.3 is 0 Å². The molecule has 0 bridgehead atoms. The summed E-state index contributed by atoms with van der Waals surface area (Å²) in [5.74, 6) is 0.770. The fourth-order valence-corrected chi connectivity index (χ4v) is 5.79. The number of anilines is 2. The molecular weight excluding hydrogens is 490 g/mol. The summed E-state index contributed by atoms with van der Waals surface area (Å²) in [6.07, 6.45) is 8.06. The van der Waals surface area contributed by atoms with Crippen molar-refractivity contribution in [2.45, 2.75) is 38.3 Å². The molecule has 1 atom stereocenters. The number of H-pyrrole nitrogens is 1. The van der Waals surface area contributed by atoms with Crippen molar-refractivity contribution in [3.63, 3.8) is 0 Å². The quantitative estimate of drug-likeness (QED) is 0.324. The number of para-hydroxylation sites is 2. The molecule has 3 aromatic heterocycles. The Morgan fingerprint density at radius 1 is 0.974 bits per heavy atom. The highest BCUT2D eigenvalue weighted by Gasteiger charge is 2.30. The van der Waals surface area contributed by atoms with E-state index in [0.29, 0.717) is 5.82 Å². The van der Waals surface area contributed by atoms with Crippen molar-refractivity contribution >= 4 is 39.2 Å². The molecule has 9 heteroatoms. The van der Waals surface area contributed by atoms with Crippen LogP contribution in [-0.4, -0.2) is 50.3 Å². The molecule has 2 fully saturated rings. The number of hydrogen-bond donors (Lipinski definition) is 2. The molecule has 1 unspecified atom stereocenters. The number of imidazole rings is 1. The SMILES string of the molecule is O=C(C1CCNCC1)N(c1ccncc1)c1ccc2c(c1)c(-c1nc3ccccc3[nH]1)nn2C1CCCCO1. The average Bonchev–Trinajstić information content (AvgIpc) is 3.60. The number of nitrogens with zero attached hydrogens (tertiary/aromatic N) is 5. The minimum Gasteiger partial charge on any atom is -0.356 e. The largest absolute Gasteiger partial charge is 0.356 e. The second-order valence-electron chi connectivity index (χ2n) is 10.3. The molecule has 2 saturated heterocycles. The molecule has 0 radical (unpaired) electrons. The number of nitrogens with one attached hydrogen (secondary N) is 2. The maximum absolute atomic E-state index is 14.0. The van der Waals surface area contributed by atoms with Crippen LogP contribution in [0, 0.1) is 5.92 Å². The minimum atomic E-state index is -0.127. The molecule has 7 rings (SSSR count). The zero-order chi connectivity index (χ0) is 26.2. The second kappa shape index (κ2) is 10.2. The number of piperidine rings is 1. The van der Waals surface area contributed by atoms with Crippen LogP contribution in [0.2, 0.25) is 0 Å². The van der Waals surface area contributed by atoms with E-state index in [2.05, 4.69) is 27.4 Å². The summed E-state index contributed by atoms with van der Waals surface area (Å²) in [5, 5.41) is 9.36. The van der Waals surface area contributed by atoms with Gasteiger partial charge in [0.1, 0.15) is 5.69 Å². The van der Waals surface area contributed by atoms with Gasteiger partial charge in [-0.3, -0.25) is 14.7 Å². The molecule has 5 heterocycles. The van der Waals surface area contributed by atoms with Gasteiger partial charge in [-0.25, -0.2) is 9.67 Å². The maximum atomic E-state index is 14.0. The number of carbonyl (C=O) groups excluding carboxylic acids is 1. The van der Waals surface area contributed by atoms with Crippen LogP contribution in [0.25, 0.3) is 33.5 Å². The third kappa shape index (κ3) is 4.47. The van der Waals surface area contributed by atoms with Gasteiger partial charge in [-0.05, 0) is 87.7 Å². The van der Waals surface area contributed by atoms with Crippen LogP contribution in [0.3, 0.4) is 0 Å². The van der Waals surface area contributed by atoms with E-state index in [4.69, 9.17) is 14.8 Å². The van der Waals surface area contributed by atoms with Crippen LogP contribution in [0.1, 0.15) is 38.3 Å². The van der Waals surface area contributed by atoms with Gasteiger partial charge in [-0.1, -0.05) is 12.1 Å². The molecule has 2 N–H and O–H groups in total. The van der Waals surface area contributed by atoms with E-state index in [1.165, 1.54) is 0 Å². The van der Waals surface area contributed by atoms with Gasteiger partial charge in [0.15, 0.2) is 12.1 Å². The Labute approximate surface area is 226 Å². The lowest BCUT2D eigenvalue weighted by atomic mass is 9.96. The number of fused-ring (bicyclic) bond motifs is 2. The van der Waals surface area contributed by atoms with Gasteiger partial charge in [-0.2, -0.15) is 5.10 Å². The molecule has 2 aliphatic rings. The van der Waals surface area contributed by atoms with Gasteiger partial charge in [-0.15, -0.1) is 0 Å². The molecule has 0 spiro atoms. The molecule has 1 amide bonds. The first-order valence-corrected chi connectivity index (χ1v) is 13.8. The first-order chi connectivity index (χ1) is 19.3. The van der Waals surface area contributed by atoms with E-state index in [1.54, 1.807) is 12.4 Å². The highest BCUT2D eigenvalue weighted by Crippen LogP contribution is 2.37. The van der Waals surface area contributed by atoms with Crippen LogP contribution < -0.4 is 10.2 Å². The summed E-state index contributed by atoms with van der Waals surface area (Å²) in [5.41, 5.74) is 5.17. The fraction of sp³-hybridized carbons (Fsp3) is 0.333. The average molecular weight is 522 g/mol. The Morgan fingerprint density at radius 2 is 1.82 bits per heavy atom. The van der Waals surface area contributed by atoms with Gasteiger partial charge in [0.25, 0.3) is 0 Å². The van der Waals surface area contributed by atoms with Crippen LogP contribution in [0.4, 0.5) is 11.4 Å². The van der Waals surface area contributed by atoms with Crippen LogP contribution >= 0.6 is 0 Å². The van der Waals surface area contributed by atoms with Crippen molar-refractivity contribution < 1.29 is 9.53 Å². The van der Waals surface area contributed by atoms with E-state index in [1.807, 2.05) is 52.0 Å². The topological polar surface area (TPSA) is 101 Å². The van der Waals surface area contributed by atoms with E-state index < -0.39 is 0 Å². The Kier molecular flexibility index (Phi) is 6.30. The Morgan fingerprint density at radius 3 is 2.62 bits per heavy atom. The molecule has 0 aliphatic carbocycles. The second-order valence-corrected chi connectivity index (χ2v) is 10.3. The predicted octanol–water partition coefficient (Wildman–Crippen LogP) is 5.34. The standard InChI is InChI=1S/C30H31N7O2/c38-30(20-10-14-31-15-11-20)36(21-12-16-32-17-13-21)22-8-9-26-23(19-22)28(35-37(26)27-7-3-4-18-39-27)29-33-24-5-1-2-6-25(24)34-29/h1-2,5-6,8-9,12-13,16-17,19-20,27,31H,3-4,7,10-11,14-15,18H2,(H,33,34). The lowest BCUT2D eigenvalue weighted by Crippen LogP contribution is -2.39. The van der Waals surface area contributed by atoms with Crippen LogP contribution in [0.5, 0.6) is 0 Å². The van der Waals surface area contributed by atoms with Crippen molar-refractivity contribution in [3.8, 4) is 11.5 Å². The van der Waals surface area contributed by atoms with E-state index in [9.17, 15) is 4.79 Å². The number of pyridine rings is 1. The van der Waals surface area contributed by atoms with E-state index in [0.717, 1.165) is 90.8 Å². The zero-order valence-electron chi connectivity index (χ0n) is 21.7. The minimum absolute atomic E-state index is 0.0386. The summed E-state index contributed by atoms with van der Waals surface area (Å²) in [7, 11) is 0. The van der Waals surface area contributed by atoms with Crippen LogP contribution in [0.15, 0.2) is 67.0 Å². The maximum Gasteiger partial charge on any atom is 0.234 e. The number of rotatable bonds is 5. The number of benzene rings is 2. The summed E-state index contributed by atoms with van der Waals surface area (Å²) in [6, 6.07) is 17.9. The van der Waals surface area contributed by atoms with Crippen molar-refractivity contribution in [2.24, 2.45) is 5.92 Å². The molecule has 39 heavy (non-hydrogen) atoms. The van der Waals surface area contributed by atoms with Gasteiger partial charge < -0.3 is 15.0 Å². The third-order valence-corrected chi connectivity index (χ3v) is 7.82. The van der Waals surface area contributed by atoms with Crippen molar-refractivity contribution in [2.75, 3.05) is 24.6 Å². The molecule has 5 aromatic rings. The highest BCUT2D eigenvalue weighted by atomic mass is 16.5. The normalized spacial score (nSPS) is 18.5. The third-order valence-electron chi connectivity index (χ3n) is 7.82. The Balaban J connectivity index is 1.39. The first kappa shape index (κ1) is 24.0. The van der Waals surface area contributed by atoms with Crippen molar-refractivity contribution in [1.29, 1.82) is 0 Å². The number of aromatic amines is 1. The molecule has 198 valence electrons. The zero-order valence-corrected chi connectivity index (χ0v) is 21.7.